The van der Waals surface area contributed by atoms with Gasteiger partial charge in [-0.25, -0.2) is 4.79 Å². The Morgan fingerprint density at radius 3 is 2.85 bits per heavy atom. The Bertz CT molecular complexity index is 704. The van der Waals surface area contributed by atoms with Crippen LogP contribution in [0.2, 0.25) is 0 Å². The van der Waals surface area contributed by atoms with Gasteiger partial charge in [0.2, 0.25) is 5.91 Å². The number of amides is 1. The first kappa shape index (κ1) is 19.4. The monoisotopic (exact) mass is 364 g/mol. The number of esters is 1. The smallest absolute Gasteiger partial charge is 0.328 e. The first-order chi connectivity index (χ1) is 12.5. The average molecular weight is 364 g/mol. The molecule has 1 aliphatic heterocycles. The Labute approximate surface area is 150 Å². The zero-order valence-electron chi connectivity index (χ0n) is 14.4. The van der Waals surface area contributed by atoms with Crippen molar-refractivity contribution in [3.63, 3.8) is 0 Å². The predicted octanol–water partition coefficient (Wildman–Crippen LogP) is 1.73. The molecule has 0 N–H and O–H groups in total. The van der Waals surface area contributed by atoms with Crippen LogP contribution in [0.3, 0.4) is 0 Å². The van der Waals surface area contributed by atoms with Gasteiger partial charge in [-0.2, -0.15) is 0 Å². The number of hydrogen-bond donors (Lipinski definition) is 0. The minimum atomic E-state index is -0.627. The van der Waals surface area contributed by atoms with E-state index in [0.29, 0.717) is 50.9 Å². The molecule has 2 rings (SSSR count). The van der Waals surface area contributed by atoms with Crippen LogP contribution in [0.15, 0.2) is 18.2 Å². The normalized spacial score (nSPS) is 16.4. The van der Waals surface area contributed by atoms with E-state index in [0.717, 1.165) is 0 Å². The summed E-state index contributed by atoms with van der Waals surface area (Å²) < 4.78 is 10.2. The molecule has 1 aliphatic rings. The summed E-state index contributed by atoms with van der Waals surface area (Å²) in [6.45, 7) is 0.753. The lowest BCUT2D eigenvalue weighted by atomic mass is 10.2. The molecule has 9 heteroatoms. The van der Waals surface area contributed by atoms with Crippen molar-refractivity contribution >= 4 is 23.9 Å². The van der Waals surface area contributed by atoms with E-state index in [-0.39, 0.29) is 17.2 Å². The van der Waals surface area contributed by atoms with E-state index in [1.807, 2.05) is 0 Å². The van der Waals surface area contributed by atoms with Gasteiger partial charge in [-0.15, -0.1) is 0 Å². The molecule has 0 aromatic heterocycles. The van der Waals surface area contributed by atoms with E-state index in [2.05, 4.69) is 0 Å². The zero-order valence-corrected chi connectivity index (χ0v) is 14.4. The highest BCUT2D eigenvalue weighted by Gasteiger charge is 2.36. The van der Waals surface area contributed by atoms with E-state index in [4.69, 9.17) is 9.47 Å². The van der Waals surface area contributed by atoms with Crippen LogP contribution in [-0.2, 0) is 14.3 Å². The summed E-state index contributed by atoms with van der Waals surface area (Å²) in [5, 5.41) is 10.8. The molecule has 0 spiro atoms. The third kappa shape index (κ3) is 4.56. The van der Waals surface area contributed by atoms with E-state index in [9.17, 15) is 24.5 Å². The maximum Gasteiger partial charge on any atom is 0.328 e. The van der Waals surface area contributed by atoms with Crippen molar-refractivity contribution in [3.05, 3.63) is 33.9 Å². The molecule has 1 aromatic carbocycles. The van der Waals surface area contributed by atoms with Crippen molar-refractivity contribution in [2.45, 2.75) is 31.7 Å². The Balaban J connectivity index is 1.80. The van der Waals surface area contributed by atoms with Crippen molar-refractivity contribution in [2.75, 3.05) is 20.3 Å². The molecule has 1 atom stereocenters. The molecule has 1 fully saturated rings. The minimum absolute atomic E-state index is 0.0453. The molecule has 1 heterocycles. The molecule has 26 heavy (non-hydrogen) atoms. The van der Waals surface area contributed by atoms with Crippen molar-refractivity contribution in [3.8, 4) is 5.75 Å². The summed E-state index contributed by atoms with van der Waals surface area (Å²) in [5.74, 6) is -0.103. The van der Waals surface area contributed by atoms with Gasteiger partial charge in [0.05, 0.1) is 24.2 Å². The van der Waals surface area contributed by atoms with Crippen molar-refractivity contribution in [1.82, 2.24) is 4.90 Å². The van der Waals surface area contributed by atoms with Crippen LogP contribution in [0.4, 0.5) is 5.69 Å². The van der Waals surface area contributed by atoms with Gasteiger partial charge in [0.15, 0.2) is 6.29 Å². The largest absolute Gasteiger partial charge is 0.494 e. The van der Waals surface area contributed by atoms with E-state index in [1.54, 1.807) is 0 Å². The van der Waals surface area contributed by atoms with Gasteiger partial charge < -0.3 is 14.4 Å². The summed E-state index contributed by atoms with van der Waals surface area (Å²) in [7, 11) is 1.30. The van der Waals surface area contributed by atoms with Crippen LogP contribution < -0.4 is 4.74 Å². The Morgan fingerprint density at radius 1 is 1.42 bits per heavy atom. The van der Waals surface area contributed by atoms with Gasteiger partial charge in [0.1, 0.15) is 11.8 Å². The molecule has 140 valence electrons. The summed E-state index contributed by atoms with van der Waals surface area (Å²) in [5.41, 5.74) is -0.315. The number of rotatable bonds is 9. The summed E-state index contributed by atoms with van der Waals surface area (Å²) >= 11 is 0. The van der Waals surface area contributed by atoms with Gasteiger partial charge >= 0.3 is 5.97 Å². The average Bonchev–Trinajstić information content (AvgIpc) is 3.01. The number of nitro benzene ring substituents is 1. The minimum Gasteiger partial charge on any atom is -0.494 e. The van der Waals surface area contributed by atoms with Crippen molar-refractivity contribution < 1.29 is 28.8 Å². The zero-order chi connectivity index (χ0) is 19.1. The third-order valence-electron chi connectivity index (χ3n) is 4.19. The highest BCUT2D eigenvalue weighted by Crippen LogP contribution is 2.23. The molecule has 0 radical (unpaired) electrons. The molecule has 9 nitrogen and oxygen atoms in total. The lowest BCUT2D eigenvalue weighted by molar-refractivity contribution is -0.385. The van der Waals surface area contributed by atoms with E-state index < -0.39 is 16.9 Å². The van der Waals surface area contributed by atoms with Gasteiger partial charge in [0.25, 0.3) is 5.69 Å². The van der Waals surface area contributed by atoms with Crippen molar-refractivity contribution in [2.24, 2.45) is 0 Å². The quantitative estimate of drug-likeness (QED) is 0.215. The molecule has 1 aromatic rings. The summed E-state index contributed by atoms with van der Waals surface area (Å²) in [6.07, 6.45) is 2.47. The van der Waals surface area contributed by atoms with Gasteiger partial charge in [-0.05, 0) is 31.4 Å². The van der Waals surface area contributed by atoms with Crippen LogP contribution in [0, 0.1) is 10.1 Å². The summed E-state index contributed by atoms with van der Waals surface area (Å²) in [6, 6.07) is 3.46. The molecule has 0 aliphatic carbocycles. The van der Waals surface area contributed by atoms with Gasteiger partial charge in [-0.3, -0.25) is 19.7 Å². The van der Waals surface area contributed by atoms with Crippen LogP contribution in [0.1, 0.15) is 36.0 Å². The number of aldehydes is 1. The Hall–Kier alpha value is -2.97. The number of unbranched alkanes of at least 4 members (excludes halogenated alkanes) is 1. The fourth-order valence-electron chi connectivity index (χ4n) is 2.85. The number of methoxy groups -OCH3 is 1. The first-order valence-electron chi connectivity index (χ1n) is 8.21. The Morgan fingerprint density at radius 2 is 2.19 bits per heavy atom. The van der Waals surface area contributed by atoms with Crippen LogP contribution in [0.25, 0.3) is 0 Å². The third-order valence-corrected chi connectivity index (χ3v) is 4.19. The van der Waals surface area contributed by atoms with Gasteiger partial charge in [-0.1, -0.05) is 0 Å². The number of nitrogens with zero attached hydrogens (tertiary/aromatic N) is 2. The lowest BCUT2D eigenvalue weighted by Gasteiger charge is -2.22. The molecule has 0 saturated carbocycles. The second kappa shape index (κ2) is 8.93. The number of benzene rings is 1. The standard InChI is InChI=1S/C17H20N2O7/c1-25-17(22)15-6-7-16(21)18(15)8-2-3-9-26-13-4-5-14(19(23)24)12(10-13)11-20/h4-5,10-11,15H,2-3,6-9H2,1H3/t15-/m0/s1. The fourth-order valence-corrected chi connectivity index (χ4v) is 2.85. The number of hydrogen-bond acceptors (Lipinski definition) is 7. The first-order valence-corrected chi connectivity index (χ1v) is 8.21. The lowest BCUT2D eigenvalue weighted by Crippen LogP contribution is -2.39. The second-order valence-corrected chi connectivity index (χ2v) is 5.82. The molecule has 1 saturated heterocycles. The number of nitro groups is 1. The molecular formula is C17H20N2O7. The molecule has 1 amide bonds. The van der Waals surface area contributed by atoms with Crippen molar-refractivity contribution in [1.29, 1.82) is 0 Å². The predicted molar refractivity (Wildman–Crippen MR) is 90.0 cm³/mol. The van der Waals surface area contributed by atoms with Crippen LogP contribution >= 0.6 is 0 Å². The highest BCUT2D eigenvalue weighted by molar-refractivity contribution is 5.88. The fraction of sp³-hybridized carbons (Fsp3) is 0.471. The van der Waals surface area contributed by atoms with Crippen LogP contribution in [0.5, 0.6) is 5.75 Å². The van der Waals surface area contributed by atoms with Gasteiger partial charge in [0, 0.05) is 19.0 Å². The van der Waals surface area contributed by atoms with E-state index >= 15 is 0 Å². The highest BCUT2D eigenvalue weighted by atomic mass is 16.6. The van der Waals surface area contributed by atoms with Crippen LogP contribution in [-0.4, -0.2) is 54.3 Å². The summed E-state index contributed by atoms with van der Waals surface area (Å²) in [4.78, 5) is 46.1. The maximum atomic E-state index is 11.8. The second-order valence-electron chi connectivity index (χ2n) is 5.82. The number of ether oxygens (including phenoxy) is 2. The topological polar surface area (TPSA) is 116 Å². The number of carbonyl (C=O) groups is 3. The number of likely N-dealkylation sites (tertiary alicyclic amines) is 1. The SMILES string of the molecule is COC(=O)[C@@H]1CCC(=O)N1CCCCOc1ccc([N+](=O)[O-])c(C=O)c1. The van der Waals surface area contributed by atoms with E-state index in [1.165, 1.54) is 30.2 Å². The molecule has 0 bridgehead atoms. The molecular weight excluding hydrogens is 344 g/mol. The number of carbonyl (C=O) groups excluding carboxylic acids is 3. The molecule has 0 unspecified atom stereocenters. The Kier molecular flexibility index (Phi) is 6.65. The maximum absolute atomic E-state index is 11.8.